The first-order valence-corrected chi connectivity index (χ1v) is 7.51. The molecule has 1 aliphatic heterocycles. The molecule has 124 valence electrons. The minimum absolute atomic E-state index is 0.140. The van der Waals surface area contributed by atoms with E-state index in [9.17, 15) is 9.18 Å². The van der Waals surface area contributed by atoms with Crippen LogP contribution in [-0.4, -0.2) is 24.8 Å². The fraction of sp³-hybridized carbons (Fsp3) is 0.222. The molecule has 1 amide bonds. The van der Waals surface area contributed by atoms with E-state index in [2.05, 4.69) is 10.5 Å². The molecule has 0 aromatic heterocycles. The zero-order chi connectivity index (χ0) is 17.1. The first-order chi connectivity index (χ1) is 11.6. The first-order valence-electron chi connectivity index (χ1n) is 7.51. The number of hydrogen-bond acceptors (Lipinski definition) is 4. The molecule has 24 heavy (non-hydrogen) atoms. The third kappa shape index (κ3) is 3.37. The van der Waals surface area contributed by atoms with Crippen LogP contribution in [0.3, 0.4) is 0 Å². The molecule has 2 aromatic carbocycles. The summed E-state index contributed by atoms with van der Waals surface area (Å²) in [4.78, 5) is 17.5. The highest BCUT2D eigenvalue weighted by Gasteiger charge is 2.29. The maximum absolute atomic E-state index is 13.7. The number of nitrogens with zero attached hydrogens (tertiary/aromatic N) is 1. The van der Waals surface area contributed by atoms with Gasteiger partial charge in [-0.25, -0.2) is 4.39 Å². The highest BCUT2D eigenvalue weighted by molar-refractivity contribution is 6.06. The number of benzene rings is 2. The zero-order valence-electron chi connectivity index (χ0n) is 13.4. The molecule has 0 spiro atoms. The van der Waals surface area contributed by atoms with Crippen molar-refractivity contribution in [2.45, 2.75) is 19.4 Å². The molecule has 0 saturated heterocycles. The molecule has 0 aliphatic carbocycles. The van der Waals surface area contributed by atoms with Crippen LogP contribution in [-0.2, 0) is 9.63 Å². The van der Waals surface area contributed by atoms with Gasteiger partial charge in [0.2, 0.25) is 6.10 Å². The highest BCUT2D eigenvalue weighted by Crippen LogP contribution is 2.21. The Morgan fingerprint density at radius 3 is 2.75 bits per heavy atom. The second-order valence-electron chi connectivity index (χ2n) is 5.54. The van der Waals surface area contributed by atoms with E-state index in [1.54, 1.807) is 19.2 Å². The van der Waals surface area contributed by atoms with Gasteiger partial charge in [-0.1, -0.05) is 11.2 Å². The van der Waals surface area contributed by atoms with Crippen molar-refractivity contribution in [3.05, 3.63) is 59.4 Å². The van der Waals surface area contributed by atoms with Crippen molar-refractivity contribution in [1.82, 2.24) is 0 Å². The topological polar surface area (TPSA) is 59.9 Å². The molecule has 1 heterocycles. The van der Waals surface area contributed by atoms with Crippen LogP contribution in [0.5, 0.6) is 5.75 Å². The predicted octanol–water partition coefficient (Wildman–Crippen LogP) is 3.27. The molecule has 0 bridgehead atoms. The second-order valence-corrected chi connectivity index (χ2v) is 5.54. The molecule has 1 atom stereocenters. The summed E-state index contributed by atoms with van der Waals surface area (Å²) in [7, 11) is 1.59. The summed E-state index contributed by atoms with van der Waals surface area (Å²) < 4.78 is 18.8. The van der Waals surface area contributed by atoms with Crippen molar-refractivity contribution < 1.29 is 18.8 Å². The summed E-state index contributed by atoms with van der Waals surface area (Å²) in [5.74, 6) is -0.169. The summed E-state index contributed by atoms with van der Waals surface area (Å²) in [6, 6.07) is 11.9. The van der Waals surface area contributed by atoms with E-state index in [0.717, 1.165) is 16.9 Å². The summed E-state index contributed by atoms with van der Waals surface area (Å²) >= 11 is 0. The molecule has 3 rings (SSSR count). The van der Waals surface area contributed by atoms with Crippen LogP contribution in [0, 0.1) is 12.7 Å². The molecule has 0 radical (unpaired) electrons. The maximum atomic E-state index is 13.7. The molecule has 0 fully saturated rings. The van der Waals surface area contributed by atoms with Crippen molar-refractivity contribution in [2.24, 2.45) is 5.16 Å². The number of rotatable bonds is 4. The Hall–Kier alpha value is -2.89. The first kappa shape index (κ1) is 16.0. The Balaban J connectivity index is 1.65. The molecule has 1 aliphatic rings. The van der Waals surface area contributed by atoms with Crippen LogP contribution in [0.25, 0.3) is 0 Å². The predicted molar refractivity (Wildman–Crippen MR) is 88.8 cm³/mol. The minimum Gasteiger partial charge on any atom is -0.497 e. The monoisotopic (exact) mass is 328 g/mol. The molecule has 2 aromatic rings. The maximum Gasteiger partial charge on any atom is 0.268 e. The van der Waals surface area contributed by atoms with Gasteiger partial charge in [0.25, 0.3) is 5.91 Å². The van der Waals surface area contributed by atoms with E-state index in [1.807, 2.05) is 31.2 Å². The average Bonchev–Trinajstić information content (AvgIpc) is 3.08. The smallest absolute Gasteiger partial charge is 0.268 e. The van der Waals surface area contributed by atoms with Gasteiger partial charge in [0.15, 0.2) is 0 Å². The van der Waals surface area contributed by atoms with Gasteiger partial charge in [-0.15, -0.1) is 0 Å². The lowest BCUT2D eigenvalue weighted by molar-refractivity contribution is -0.125. The quantitative estimate of drug-likeness (QED) is 0.937. The van der Waals surface area contributed by atoms with E-state index >= 15 is 0 Å². The highest BCUT2D eigenvalue weighted by atomic mass is 19.1. The van der Waals surface area contributed by atoms with Crippen molar-refractivity contribution in [3.63, 3.8) is 0 Å². The van der Waals surface area contributed by atoms with E-state index in [1.165, 1.54) is 6.07 Å². The van der Waals surface area contributed by atoms with Gasteiger partial charge < -0.3 is 14.9 Å². The molecular weight excluding hydrogens is 311 g/mol. The SMILES string of the molecule is COc1ccc(C2=NOC(C(=O)Nc3cc(C)ccc3F)C2)cc1. The molecule has 1 unspecified atom stereocenters. The summed E-state index contributed by atoms with van der Waals surface area (Å²) in [6.07, 6.45) is -0.451. The summed E-state index contributed by atoms with van der Waals surface area (Å²) in [5.41, 5.74) is 2.52. The van der Waals surface area contributed by atoms with E-state index in [-0.39, 0.29) is 5.69 Å². The molecule has 1 N–H and O–H groups in total. The third-order valence-electron chi connectivity index (χ3n) is 3.76. The number of methoxy groups -OCH3 is 1. The fourth-order valence-corrected chi connectivity index (χ4v) is 2.42. The number of ether oxygens (including phenoxy) is 1. The lowest BCUT2D eigenvalue weighted by atomic mass is 10.0. The number of halogens is 1. The van der Waals surface area contributed by atoms with Crippen LogP contribution < -0.4 is 10.1 Å². The van der Waals surface area contributed by atoms with Crippen molar-refractivity contribution in [2.75, 3.05) is 12.4 Å². The van der Waals surface area contributed by atoms with Gasteiger partial charge in [-0.3, -0.25) is 4.79 Å². The third-order valence-corrected chi connectivity index (χ3v) is 3.76. The van der Waals surface area contributed by atoms with E-state index in [4.69, 9.17) is 9.57 Å². The van der Waals surface area contributed by atoms with Crippen LogP contribution >= 0.6 is 0 Å². The Morgan fingerprint density at radius 1 is 1.29 bits per heavy atom. The number of amides is 1. The molecule has 5 nitrogen and oxygen atoms in total. The fourth-order valence-electron chi connectivity index (χ4n) is 2.42. The Morgan fingerprint density at radius 2 is 2.04 bits per heavy atom. The summed E-state index contributed by atoms with van der Waals surface area (Å²) in [6.45, 7) is 1.83. The molecule has 6 heteroatoms. The number of carbonyl (C=O) groups excluding carboxylic acids is 1. The number of carbonyl (C=O) groups is 1. The van der Waals surface area contributed by atoms with Gasteiger partial charge in [0.1, 0.15) is 11.6 Å². The van der Waals surface area contributed by atoms with E-state index < -0.39 is 17.8 Å². The van der Waals surface area contributed by atoms with Gasteiger partial charge in [-0.2, -0.15) is 0 Å². The molecule has 0 saturated carbocycles. The number of oxime groups is 1. The minimum atomic E-state index is -0.776. The van der Waals surface area contributed by atoms with Crippen molar-refractivity contribution >= 4 is 17.3 Å². The lowest BCUT2D eigenvalue weighted by Gasteiger charge is -2.10. The Labute approximate surface area is 139 Å². The lowest BCUT2D eigenvalue weighted by Crippen LogP contribution is -2.28. The number of anilines is 1. The standard InChI is InChI=1S/C18H17FN2O3/c1-11-3-8-14(19)16(9-11)20-18(22)17-10-15(21-24-17)12-4-6-13(23-2)7-5-12/h3-9,17H,10H2,1-2H3,(H,20,22). The van der Waals surface area contributed by atoms with Crippen molar-refractivity contribution in [1.29, 1.82) is 0 Å². The van der Waals surface area contributed by atoms with Gasteiger partial charge in [-0.05, 0) is 54.4 Å². The van der Waals surface area contributed by atoms with Gasteiger partial charge in [0, 0.05) is 6.42 Å². The van der Waals surface area contributed by atoms with E-state index in [0.29, 0.717) is 12.1 Å². The molecular formula is C18H17FN2O3. The summed E-state index contributed by atoms with van der Waals surface area (Å²) in [5, 5.41) is 6.52. The van der Waals surface area contributed by atoms with Gasteiger partial charge in [0.05, 0.1) is 18.5 Å². The number of aryl methyl sites for hydroxylation is 1. The largest absolute Gasteiger partial charge is 0.497 e. The Bertz CT molecular complexity index is 787. The number of hydrogen-bond donors (Lipinski definition) is 1. The van der Waals surface area contributed by atoms with Gasteiger partial charge >= 0.3 is 0 Å². The normalized spacial score (nSPS) is 16.3. The second kappa shape index (κ2) is 6.70. The number of nitrogens with one attached hydrogen (secondary N) is 1. The average molecular weight is 328 g/mol. The van der Waals surface area contributed by atoms with Crippen LogP contribution in [0.15, 0.2) is 47.6 Å². The van der Waals surface area contributed by atoms with Crippen LogP contribution in [0.2, 0.25) is 0 Å². The van der Waals surface area contributed by atoms with Crippen LogP contribution in [0.4, 0.5) is 10.1 Å². The van der Waals surface area contributed by atoms with Crippen LogP contribution in [0.1, 0.15) is 17.5 Å². The van der Waals surface area contributed by atoms with Crippen molar-refractivity contribution in [3.8, 4) is 5.75 Å². The Kier molecular flexibility index (Phi) is 4.46. The zero-order valence-corrected chi connectivity index (χ0v) is 13.4.